The first-order valence-corrected chi connectivity index (χ1v) is 6.94. The molecule has 3 rings (SSSR count). The van der Waals surface area contributed by atoms with Crippen molar-refractivity contribution in [2.24, 2.45) is 0 Å². The zero-order valence-corrected chi connectivity index (χ0v) is 11.4. The topological polar surface area (TPSA) is 29.1 Å². The zero-order valence-electron chi connectivity index (χ0n) is 11.4. The summed E-state index contributed by atoms with van der Waals surface area (Å²) in [5.41, 5.74) is 0.188. The Hall–Kier alpha value is -2.23. The van der Waals surface area contributed by atoms with Gasteiger partial charge in [-0.3, -0.25) is 4.79 Å². The Morgan fingerprint density at radius 3 is 2.33 bits per heavy atom. The number of hydrogen-bond donors (Lipinski definition) is 1. The molecule has 0 aromatic heterocycles. The highest BCUT2D eigenvalue weighted by Gasteiger charge is 2.45. The van der Waals surface area contributed by atoms with Gasteiger partial charge in [-0.1, -0.05) is 42.8 Å². The van der Waals surface area contributed by atoms with Crippen LogP contribution in [0.3, 0.4) is 0 Å². The van der Waals surface area contributed by atoms with Crippen LogP contribution in [0, 0.1) is 11.6 Å². The third kappa shape index (κ3) is 2.31. The monoisotopic (exact) mass is 287 g/mol. The molecule has 1 amide bonds. The van der Waals surface area contributed by atoms with Crippen LogP contribution in [-0.2, 0) is 10.2 Å². The molecular formula is C17H15F2NO. The van der Waals surface area contributed by atoms with Crippen LogP contribution >= 0.6 is 0 Å². The third-order valence-electron chi connectivity index (χ3n) is 4.17. The van der Waals surface area contributed by atoms with Gasteiger partial charge in [0.25, 0.3) is 0 Å². The fourth-order valence-electron chi connectivity index (χ4n) is 2.78. The molecule has 4 heteroatoms. The van der Waals surface area contributed by atoms with Gasteiger partial charge in [0.1, 0.15) is 0 Å². The van der Waals surface area contributed by atoms with Crippen LogP contribution in [-0.4, -0.2) is 5.91 Å². The number of carbonyl (C=O) groups excluding carboxylic acids is 1. The molecule has 0 unspecified atom stereocenters. The summed E-state index contributed by atoms with van der Waals surface area (Å²) in [5, 5.41) is 2.54. The summed E-state index contributed by atoms with van der Waals surface area (Å²) < 4.78 is 26.9. The highest BCUT2D eigenvalue weighted by atomic mass is 19.2. The Kier molecular flexibility index (Phi) is 3.45. The average Bonchev–Trinajstić information content (AvgIpc) is 2.44. The van der Waals surface area contributed by atoms with E-state index in [0.717, 1.165) is 30.9 Å². The van der Waals surface area contributed by atoms with Crippen LogP contribution < -0.4 is 5.32 Å². The first-order chi connectivity index (χ1) is 10.1. The van der Waals surface area contributed by atoms with Crippen LogP contribution in [0.5, 0.6) is 0 Å². The number of halogens is 2. The third-order valence-corrected chi connectivity index (χ3v) is 4.17. The summed E-state index contributed by atoms with van der Waals surface area (Å²) in [7, 11) is 0. The number of amides is 1. The normalized spacial score (nSPS) is 16.1. The minimum atomic E-state index is -1.02. The Morgan fingerprint density at radius 1 is 1.00 bits per heavy atom. The molecule has 0 spiro atoms. The van der Waals surface area contributed by atoms with Gasteiger partial charge in [0.15, 0.2) is 11.6 Å². The molecule has 0 heterocycles. The molecule has 1 N–H and O–H groups in total. The van der Waals surface area contributed by atoms with Crippen molar-refractivity contribution in [2.45, 2.75) is 24.7 Å². The standard InChI is InChI=1S/C17H15F2NO/c18-13-8-4-9-14(15(13)19)20-16(21)17(10-5-11-17)12-6-2-1-3-7-12/h1-4,6-9H,5,10-11H2,(H,20,21). The van der Waals surface area contributed by atoms with Gasteiger partial charge < -0.3 is 5.32 Å². The van der Waals surface area contributed by atoms with Crippen molar-refractivity contribution < 1.29 is 13.6 Å². The van der Waals surface area contributed by atoms with Gasteiger partial charge in [-0.15, -0.1) is 0 Å². The van der Waals surface area contributed by atoms with E-state index in [-0.39, 0.29) is 11.6 Å². The highest BCUT2D eigenvalue weighted by Crippen LogP contribution is 2.44. The van der Waals surface area contributed by atoms with Gasteiger partial charge in [-0.2, -0.15) is 0 Å². The summed E-state index contributed by atoms with van der Waals surface area (Å²) in [6, 6.07) is 13.2. The van der Waals surface area contributed by atoms with E-state index in [9.17, 15) is 13.6 Å². The molecule has 2 nitrogen and oxygen atoms in total. The summed E-state index contributed by atoms with van der Waals surface area (Å²) in [5.74, 6) is -2.26. The van der Waals surface area contributed by atoms with Gasteiger partial charge in [-0.25, -0.2) is 8.78 Å². The summed E-state index contributed by atoms with van der Waals surface area (Å²) in [4.78, 5) is 12.6. The second kappa shape index (κ2) is 5.28. The maximum atomic E-state index is 13.7. The van der Waals surface area contributed by atoms with Crippen molar-refractivity contribution in [3.05, 3.63) is 65.7 Å². The smallest absolute Gasteiger partial charge is 0.235 e. The SMILES string of the molecule is O=C(Nc1cccc(F)c1F)C1(c2ccccc2)CCC1. The van der Waals surface area contributed by atoms with Crippen molar-refractivity contribution in [1.29, 1.82) is 0 Å². The molecule has 1 aliphatic rings. The molecule has 21 heavy (non-hydrogen) atoms. The van der Waals surface area contributed by atoms with E-state index in [1.165, 1.54) is 12.1 Å². The summed E-state index contributed by atoms with van der Waals surface area (Å²) in [6.07, 6.45) is 2.40. The van der Waals surface area contributed by atoms with Gasteiger partial charge in [0, 0.05) is 0 Å². The number of nitrogens with one attached hydrogen (secondary N) is 1. The molecule has 1 fully saturated rings. The lowest BCUT2D eigenvalue weighted by Gasteiger charge is -2.40. The van der Waals surface area contributed by atoms with Crippen molar-refractivity contribution >= 4 is 11.6 Å². The highest BCUT2D eigenvalue weighted by molar-refractivity contribution is 6.00. The van der Waals surface area contributed by atoms with Crippen LogP contribution in [0.4, 0.5) is 14.5 Å². The van der Waals surface area contributed by atoms with Gasteiger partial charge in [0.05, 0.1) is 11.1 Å². The maximum Gasteiger partial charge on any atom is 0.235 e. The lowest BCUT2D eigenvalue weighted by atomic mass is 9.64. The van der Waals surface area contributed by atoms with Gasteiger partial charge >= 0.3 is 0 Å². The molecule has 0 bridgehead atoms. The fourth-order valence-corrected chi connectivity index (χ4v) is 2.78. The number of benzene rings is 2. The van der Waals surface area contributed by atoms with Gasteiger partial charge in [0.2, 0.25) is 5.91 Å². The Morgan fingerprint density at radius 2 is 1.71 bits per heavy atom. The van der Waals surface area contributed by atoms with Crippen molar-refractivity contribution in [3.63, 3.8) is 0 Å². The second-order valence-corrected chi connectivity index (χ2v) is 5.36. The number of hydrogen-bond acceptors (Lipinski definition) is 1. The first-order valence-electron chi connectivity index (χ1n) is 6.94. The molecule has 2 aromatic carbocycles. The molecule has 0 radical (unpaired) electrons. The van der Waals surface area contributed by atoms with Crippen molar-refractivity contribution in [3.8, 4) is 0 Å². The molecule has 0 saturated heterocycles. The Balaban J connectivity index is 1.89. The molecule has 108 valence electrons. The van der Waals surface area contributed by atoms with Crippen LogP contribution in [0.1, 0.15) is 24.8 Å². The maximum absolute atomic E-state index is 13.7. The predicted molar refractivity (Wildman–Crippen MR) is 77.0 cm³/mol. The number of rotatable bonds is 3. The molecular weight excluding hydrogens is 272 g/mol. The lowest BCUT2D eigenvalue weighted by Crippen LogP contribution is -2.46. The van der Waals surface area contributed by atoms with Crippen molar-refractivity contribution in [2.75, 3.05) is 5.32 Å². The summed E-state index contributed by atoms with van der Waals surface area (Å²) in [6.45, 7) is 0. The number of anilines is 1. The molecule has 1 aliphatic carbocycles. The van der Waals surface area contributed by atoms with Crippen molar-refractivity contribution in [1.82, 2.24) is 0 Å². The summed E-state index contributed by atoms with van der Waals surface area (Å²) >= 11 is 0. The molecule has 1 saturated carbocycles. The lowest BCUT2D eigenvalue weighted by molar-refractivity contribution is -0.124. The fraction of sp³-hybridized carbons (Fsp3) is 0.235. The number of carbonyl (C=O) groups is 1. The Labute approximate surface area is 121 Å². The second-order valence-electron chi connectivity index (χ2n) is 5.36. The van der Waals surface area contributed by atoms with Crippen LogP contribution in [0.25, 0.3) is 0 Å². The Bertz CT molecular complexity index is 666. The minimum Gasteiger partial charge on any atom is -0.323 e. The van der Waals surface area contributed by atoms with E-state index in [0.29, 0.717) is 0 Å². The predicted octanol–water partition coefficient (Wildman–Crippen LogP) is 4.03. The molecule has 0 aliphatic heterocycles. The van der Waals surface area contributed by atoms with E-state index in [4.69, 9.17) is 0 Å². The van der Waals surface area contributed by atoms with E-state index in [1.54, 1.807) is 0 Å². The van der Waals surface area contributed by atoms with Gasteiger partial charge in [-0.05, 0) is 30.5 Å². The average molecular weight is 287 g/mol. The van der Waals surface area contributed by atoms with E-state index < -0.39 is 17.0 Å². The van der Waals surface area contributed by atoms with Crippen LogP contribution in [0.15, 0.2) is 48.5 Å². The first kappa shape index (κ1) is 13.7. The minimum absolute atomic E-state index is 0.109. The van der Waals surface area contributed by atoms with E-state index in [2.05, 4.69) is 5.32 Å². The largest absolute Gasteiger partial charge is 0.323 e. The molecule has 2 aromatic rings. The van der Waals surface area contributed by atoms with Crippen LogP contribution in [0.2, 0.25) is 0 Å². The zero-order chi connectivity index (χ0) is 14.9. The quantitative estimate of drug-likeness (QED) is 0.907. The van der Waals surface area contributed by atoms with E-state index in [1.807, 2.05) is 30.3 Å². The molecule has 0 atom stereocenters. The van der Waals surface area contributed by atoms with E-state index >= 15 is 0 Å².